The van der Waals surface area contributed by atoms with Crippen LogP contribution >= 0.6 is 0 Å². The van der Waals surface area contributed by atoms with E-state index in [1.54, 1.807) is 61.7 Å². The first-order chi connectivity index (χ1) is 14.4. The molecular weight excluding hydrogens is 384 g/mol. The van der Waals surface area contributed by atoms with Gasteiger partial charge in [0, 0.05) is 6.42 Å². The zero-order chi connectivity index (χ0) is 21.1. The highest BCUT2D eigenvalue weighted by molar-refractivity contribution is 5.81. The molecular formula is C24H20O6. The van der Waals surface area contributed by atoms with Crippen LogP contribution in [0.4, 0.5) is 0 Å². The van der Waals surface area contributed by atoms with Crippen molar-refractivity contribution in [2.45, 2.75) is 17.6 Å². The maximum Gasteiger partial charge on any atom is 0.318 e. The Balaban J connectivity index is 1.61. The van der Waals surface area contributed by atoms with Gasteiger partial charge in [-0.25, -0.2) is 0 Å². The predicted octanol–water partition coefficient (Wildman–Crippen LogP) is 2.81. The molecule has 0 spiro atoms. The minimum atomic E-state index is -1.69. The van der Waals surface area contributed by atoms with Crippen LogP contribution in [-0.4, -0.2) is 28.4 Å². The van der Waals surface area contributed by atoms with Crippen LogP contribution in [0, 0.1) is 5.92 Å². The van der Waals surface area contributed by atoms with Crippen LogP contribution in [0.3, 0.4) is 0 Å². The second-order valence-corrected chi connectivity index (χ2v) is 7.76. The number of aliphatic hydroxyl groups is 2. The van der Waals surface area contributed by atoms with E-state index in [0.29, 0.717) is 33.8 Å². The number of phenols is 1. The second kappa shape index (κ2) is 6.32. The molecule has 0 aliphatic heterocycles. The normalized spacial score (nSPS) is 25.9. The minimum absolute atomic E-state index is 0.0202. The third-order valence-electron chi connectivity index (χ3n) is 6.21. The lowest BCUT2D eigenvalue weighted by Gasteiger charge is -2.53. The largest absolute Gasteiger partial charge is 0.508 e. The molecule has 30 heavy (non-hydrogen) atoms. The number of methoxy groups -OCH3 is 1. The molecule has 152 valence electrons. The number of phenolic OH excluding ortho intramolecular Hbond substituents is 1. The minimum Gasteiger partial charge on any atom is -0.508 e. The lowest BCUT2D eigenvalue weighted by Crippen LogP contribution is -2.57. The van der Waals surface area contributed by atoms with Crippen molar-refractivity contribution in [1.29, 1.82) is 0 Å². The lowest BCUT2D eigenvalue weighted by atomic mass is 9.54. The fourth-order valence-corrected chi connectivity index (χ4v) is 4.80. The molecule has 0 aromatic heterocycles. The summed E-state index contributed by atoms with van der Waals surface area (Å²) < 4.78 is 10.7. The summed E-state index contributed by atoms with van der Waals surface area (Å²) in [6.45, 7) is 0. The molecule has 3 aromatic carbocycles. The summed E-state index contributed by atoms with van der Waals surface area (Å²) in [6.07, 6.45) is -0.0635. The molecule has 3 N–H and O–H groups in total. The van der Waals surface area contributed by atoms with Crippen LogP contribution in [0.1, 0.15) is 28.7 Å². The van der Waals surface area contributed by atoms with E-state index >= 15 is 0 Å². The van der Waals surface area contributed by atoms with Gasteiger partial charge in [-0.1, -0.05) is 30.3 Å². The monoisotopic (exact) mass is 404 g/mol. The van der Waals surface area contributed by atoms with Crippen LogP contribution in [0.5, 0.6) is 17.2 Å². The molecule has 3 aliphatic rings. The quantitative estimate of drug-likeness (QED) is 0.459. The van der Waals surface area contributed by atoms with E-state index < -0.39 is 23.1 Å². The number of ether oxygens (including phenoxy) is 2. The van der Waals surface area contributed by atoms with E-state index in [2.05, 4.69) is 0 Å². The van der Waals surface area contributed by atoms with Gasteiger partial charge >= 0.3 is 5.97 Å². The summed E-state index contributed by atoms with van der Waals surface area (Å²) in [5.74, 6) is -0.752. The van der Waals surface area contributed by atoms with E-state index in [1.807, 2.05) is 0 Å². The van der Waals surface area contributed by atoms with Gasteiger partial charge in [0.1, 0.15) is 28.5 Å². The topological polar surface area (TPSA) is 96.2 Å². The highest BCUT2D eigenvalue weighted by atomic mass is 16.5. The lowest BCUT2D eigenvalue weighted by molar-refractivity contribution is -0.157. The number of benzene rings is 3. The van der Waals surface area contributed by atoms with Crippen LogP contribution in [0.15, 0.2) is 66.7 Å². The highest BCUT2D eigenvalue weighted by Gasteiger charge is 2.62. The van der Waals surface area contributed by atoms with Gasteiger partial charge in [-0.15, -0.1) is 0 Å². The van der Waals surface area contributed by atoms with Gasteiger partial charge in [0.2, 0.25) is 0 Å². The molecule has 6 heteroatoms. The summed E-state index contributed by atoms with van der Waals surface area (Å²) in [5.41, 5.74) is -1.43. The summed E-state index contributed by atoms with van der Waals surface area (Å²) >= 11 is 0. The van der Waals surface area contributed by atoms with Gasteiger partial charge in [-0.2, -0.15) is 0 Å². The predicted molar refractivity (Wildman–Crippen MR) is 107 cm³/mol. The maximum absolute atomic E-state index is 13.2. The zero-order valence-electron chi connectivity index (χ0n) is 16.2. The van der Waals surface area contributed by atoms with Crippen LogP contribution in [-0.2, 0) is 16.0 Å². The SMILES string of the molecule is COc1ccc(OC(=O)C2CC3(O)c4ccccc4C2(O)c2ccc(O)cc23)cc1. The number of hydrogen-bond donors (Lipinski definition) is 3. The molecule has 3 aromatic rings. The van der Waals surface area contributed by atoms with E-state index in [1.165, 1.54) is 12.1 Å². The zero-order valence-corrected chi connectivity index (χ0v) is 16.2. The van der Waals surface area contributed by atoms with Gasteiger partial charge in [-0.3, -0.25) is 4.79 Å². The first-order valence-corrected chi connectivity index (χ1v) is 9.62. The third kappa shape index (κ3) is 2.41. The summed E-state index contributed by atoms with van der Waals surface area (Å²) in [5, 5.41) is 33.6. The smallest absolute Gasteiger partial charge is 0.318 e. The molecule has 2 bridgehead atoms. The summed E-state index contributed by atoms with van der Waals surface area (Å²) in [7, 11) is 1.54. The Morgan fingerprint density at radius 3 is 2.23 bits per heavy atom. The molecule has 0 saturated carbocycles. The van der Waals surface area contributed by atoms with Crippen molar-refractivity contribution in [1.82, 2.24) is 0 Å². The van der Waals surface area contributed by atoms with Crippen molar-refractivity contribution in [2.24, 2.45) is 5.92 Å². The van der Waals surface area contributed by atoms with Gasteiger partial charge in [0.15, 0.2) is 0 Å². The molecule has 0 heterocycles. The van der Waals surface area contributed by atoms with Crippen LogP contribution < -0.4 is 9.47 Å². The molecule has 3 aliphatic carbocycles. The van der Waals surface area contributed by atoms with Gasteiger partial charge in [-0.05, 0) is 58.7 Å². The Morgan fingerprint density at radius 1 is 0.900 bits per heavy atom. The van der Waals surface area contributed by atoms with Crippen LogP contribution in [0.2, 0.25) is 0 Å². The van der Waals surface area contributed by atoms with E-state index in [9.17, 15) is 20.1 Å². The standard InChI is InChI=1S/C24H20O6/c1-29-15-7-9-16(10-8-15)30-22(26)21-13-23(27)17-4-2-3-5-18(17)24(21,28)19-11-6-14(25)12-20(19)23/h2-12,21,25,27-28H,13H2,1H3. The number of hydrogen-bond acceptors (Lipinski definition) is 6. The van der Waals surface area contributed by atoms with Crippen molar-refractivity contribution in [3.63, 3.8) is 0 Å². The molecule has 0 amide bonds. The van der Waals surface area contributed by atoms with Crippen molar-refractivity contribution in [3.8, 4) is 17.2 Å². The molecule has 6 nitrogen and oxygen atoms in total. The van der Waals surface area contributed by atoms with Crippen molar-refractivity contribution >= 4 is 5.97 Å². The van der Waals surface area contributed by atoms with Gasteiger partial charge < -0.3 is 24.8 Å². The summed E-state index contributed by atoms with van der Waals surface area (Å²) in [4.78, 5) is 13.2. The fourth-order valence-electron chi connectivity index (χ4n) is 4.80. The van der Waals surface area contributed by atoms with E-state index in [-0.39, 0.29) is 12.2 Å². The van der Waals surface area contributed by atoms with E-state index in [0.717, 1.165) is 0 Å². The van der Waals surface area contributed by atoms with Crippen molar-refractivity contribution in [2.75, 3.05) is 7.11 Å². The number of carbonyl (C=O) groups excluding carboxylic acids is 1. The summed E-state index contributed by atoms with van der Waals surface area (Å²) in [6, 6.07) is 18.0. The Bertz CT molecular complexity index is 1150. The average molecular weight is 404 g/mol. The molecule has 0 fully saturated rings. The fraction of sp³-hybridized carbons (Fsp3) is 0.208. The number of esters is 1. The molecule has 0 saturated heterocycles. The number of aromatic hydroxyl groups is 1. The first kappa shape index (κ1) is 18.7. The molecule has 3 unspecified atom stereocenters. The van der Waals surface area contributed by atoms with E-state index in [4.69, 9.17) is 9.47 Å². The van der Waals surface area contributed by atoms with Crippen LogP contribution in [0.25, 0.3) is 0 Å². The first-order valence-electron chi connectivity index (χ1n) is 9.62. The maximum atomic E-state index is 13.2. The average Bonchev–Trinajstić information content (AvgIpc) is 2.76. The third-order valence-corrected chi connectivity index (χ3v) is 6.21. The number of carbonyl (C=O) groups is 1. The molecule has 0 radical (unpaired) electrons. The molecule has 3 atom stereocenters. The number of rotatable bonds is 3. The van der Waals surface area contributed by atoms with Gasteiger partial charge in [0.25, 0.3) is 0 Å². The second-order valence-electron chi connectivity index (χ2n) is 7.76. The Hall–Kier alpha value is -3.35. The van der Waals surface area contributed by atoms with Gasteiger partial charge in [0.05, 0.1) is 13.0 Å². The van der Waals surface area contributed by atoms with Crippen molar-refractivity contribution in [3.05, 3.63) is 89.0 Å². The Labute approximate surface area is 172 Å². The molecule has 6 rings (SSSR count). The highest BCUT2D eigenvalue weighted by Crippen LogP contribution is 2.60. The van der Waals surface area contributed by atoms with Crippen molar-refractivity contribution < 1.29 is 29.6 Å². The number of fused-ring (bicyclic) bond motifs is 1. The Morgan fingerprint density at radius 2 is 1.53 bits per heavy atom. The Kier molecular flexibility index (Phi) is 3.93.